The van der Waals surface area contributed by atoms with E-state index >= 15 is 0 Å². The number of carboxylic acids is 1. The van der Waals surface area contributed by atoms with Gasteiger partial charge in [0.25, 0.3) is 0 Å². The number of urea groups is 1. The van der Waals surface area contributed by atoms with Crippen molar-refractivity contribution in [1.82, 2.24) is 10.6 Å². The molecule has 0 radical (unpaired) electrons. The first-order valence-electron chi connectivity index (χ1n) is 6.72. The number of carbonyl (C=O) groups is 2. The van der Waals surface area contributed by atoms with Gasteiger partial charge in [-0.05, 0) is 25.8 Å². The van der Waals surface area contributed by atoms with E-state index in [9.17, 15) is 14.7 Å². The molecule has 0 heterocycles. The van der Waals surface area contributed by atoms with Crippen molar-refractivity contribution in [2.75, 3.05) is 0 Å². The Hall–Kier alpha value is -2.04. The molecule has 20 heavy (non-hydrogen) atoms. The van der Waals surface area contributed by atoms with Crippen LogP contribution in [0.5, 0.6) is 0 Å². The van der Waals surface area contributed by atoms with Gasteiger partial charge in [-0.1, -0.05) is 43.7 Å². The smallest absolute Gasteiger partial charge is 0.330 e. The van der Waals surface area contributed by atoms with E-state index in [1.807, 2.05) is 20.8 Å². The van der Waals surface area contributed by atoms with E-state index in [1.165, 1.54) is 0 Å². The molecule has 1 aromatic carbocycles. The van der Waals surface area contributed by atoms with Crippen LogP contribution >= 0.6 is 0 Å². The van der Waals surface area contributed by atoms with E-state index in [2.05, 4.69) is 10.6 Å². The second-order valence-electron chi connectivity index (χ2n) is 5.41. The standard InChI is InChI=1S/C15H22N2O3/c1-4-10-15(2,3)17-14(20)16-12(13(18)19)11-8-6-5-7-9-11/h5-9,12H,4,10H2,1-3H3,(H,18,19)(H2,16,17,20)/t12-/m0/s1. The van der Waals surface area contributed by atoms with Crippen molar-refractivity contribution in [2.45, 2.75) is 45.2 Å². The van der Waals surface area contributed by atoms with Gasteiger partial charge in [0.05, 0.1) is 0 Å². The van der Waals surface area contributed by atoms with Crippen molar-refractivity contribution >= 4 is 12.0 Å². The van der Waals surface area contributed by atoms with Gasteiger partial charge in [0.15, 0.2) is 6.04 Å². The van der Waals surface area contributed by atoms with Crippen LogP contribution in [0.4, 0.5) is 4.79 Å². The van der Waals surface area contributed by atoms with Crippen LogP contribution < -0.4 is 10.6 Å². The molecule has 3 N–H and O–H groups in total. The summed E-state index contributed by atoms with van der Waals surface area (Å²) < 4.78 is 0. The Kier molecular flexibility index (Phi) is 5.55. The van der Waals surface area contributed by atoms with Gasteiger partial charge in [-0.15, -0.1) is 0 Å². The monoisotopic (exact) mass is 278 g/mol. The summed E-state index contributed by atoms with van der Waals surface area (Å²) >= 11 is 0. The minimum absolute atomic E-state index is 0.363. The maximum Gasteiger partial charge on any atom is 0.330 e. The molecule has 0 unspecified atom stereocenters. The minimum atomic E-state index is -1.08. The summed E-state index contributed by atoms with van der Waals surface area (Å²) in [6, 6.07) is 7.12. The molecule has 0 aliphatic rings. The molecule has 5 heteroatoms. The van der Waals surface area contributed by atoms with Gasteiger partial charge < -0.3 is 15.7 Å². The van der Waals surface area contributed by atoms with Crippen molar-refractivity contribution < 1.29 is 14.7 Å². The lowest BCUT2D eigenvalue weighted by molar-refractivity contribution is -0.139. The molecule has 110 valence electrons. The second-order valence-corrected chi connectivity index (χ2v) is 5.41. The van der Waals surface area contributed by atoms with Gasteiger partial charge in [0, 0.05) is 5.54 Å². The van der Waals surface area contributed by atoms with Gasteiger partial charge in [-0.2, -0.15) is 0 Å². The third kappa shape index (κ3) is 4.91. The van der Waals surface area contributed by atoms with Crippen molar-refractivity contribution in [3.8, 4) is 0 Å². The summed E-state index contributed by atoms with van der Waals surface area (Å²) in [5.74, 6) is -1.08. The average Bonchev–Trinajstić information content (AvgIpc) is 2.36. The zero-order valence-electron chi connectivity index (χ0n) is 12.1. The molecule has 0 aliphatic heterocycles. The van der Waals surface area contributed by atoms with E-state index in [1.54, 1.807) is 30.3 Å². The Labute approximate surface area is 119 Å². The molecule has 1 rings (SSSR count). The fourth-order valence-electron chi connectivity index (χ4n) is 2.10. The summed E-state index contributed by atoms with van der Waals surface area (Å²) in [4.78, 5) is 23.2. The SMILES string of the molecule is CCCC(C)(C)NC(=O)N[C@H](C(=O)O)c1ccccc1. The zero-order valence-corrected chi connectivity index (χ0v) is 12.1. The molecule has 1 aromatic rings. The number of benzene rings is 1. The number of hydrogen-bond donors (Lipinski definition) is 3. The van der Waals surface area contributed by atoms with Gasteiger partial charge in [0.1, 0.15) is 0 Å². The fraction of sp³-hybridized carbons (Fsp3) is 0.467. The Bertz CT molecular complexity index is 457. The highest BCUT2D eigenvalue weighted by molar-refractivity contribution is 5.83. The number of rotatable bonds is 6. The summed E-state index contributed by atoms with van der Waals surface area (Å²) in [5, 5.41) is 14.5. The molecule has 0 saturated carbocycles. The molecule has 0 saturated heterocycles. The Morgan fingerprint density at radius 3 is 2.35 bits per heavy atom. The zero-order chi connectivity index (χ0) is 15.2. The topological polar surface area (TPSA) is 78.4 Å². The summed E-state index contributed by atoms with van der Waals surface area (Å²) in [6.07, 6.45) is 1.76. The van der Waals surface area contributed by atoms with E-state index in [0.717, 1.165) is 12.8 Å². The third-order valence-electron chi connectivity index (χ3n) is 2.98. The van der Waals surface area contributed by atoms with E-state index in [0.29, 0.717) is 5.56 Å². The highest BCUT2D eigenvalue weighted by Gasteiger charge is 2.25. The summed E-state index contributed by atoms with van der Waals surface area (Å²) in [5.41, 5.74) is 0.182. The van der Waals surface area contributed by atoms with Crippen LogP contribution in [0.15, 0.2) is 30.3 Å². The summed E-state index contributed by atoms with van der Waals surface area (Å²) in [6.45, 7) is 5.86. The maximum absolute atomic E-state index is 11.9. The largest absolute Gasteiger partial charge is 0.479 e. The lowest BCUT2D eigenvalue weighted by Crippen LogP contribution is -2.50. The second kappa shape index (κ2) is 6.93. The molecular weight excluding hydrogens is 256 g/mol. The van der Waals surface area contributed by atoms with Crippen LogP contribution in [-0.4, -0.2) is 22.6 Å². The number of hydrogen-bond acceptors (Lipinski definition) is 2. The number of aliphatic carboxylic acids is 1. The molecule has 1 atom stereocenters. The first-order chi connectivity index (χ1) is 9.35. The number of carbonyl (C=O) groups excluding carboxylic acids is 1. The fourth-order valence-corrected chi connectivity index (χ4v) is 2.10. The molecule has 0 spiro atoms. The molecule has 0 aromatic heterocycles. The lowest BCUT2D eigenvalue weighted by atomic mass is 9.99. The van der Waals surface area contributed by atoms with Crippen LogP contribution in [0.1, 0.15) is 45.2 Å². The highest BCUT2D eigenvalue weighted by atomic mass is 16.4. The highest BCUT2D eigenvalue weighted by Crippen LogP contribution is 2.14. The van der Waals surface area contributed by atoms with Crippen LogP contribution in [0.3, 0.4) is 0 Å². The predicted octanol–water partition coefficient (Wildman–Crippen LogP) is 2.69. The van der Waals surface area contributed by atoms with Gasteiger partial charge in [0.2, 0.25) is 0 Å². The van der Waals surface area contributed by atoms with Crippen molar-refractivity contribution in [2.24, 2.45) is 0 Å². The molecule has 2 amide bonds. The van der Waals surface area contributed by atoms with Crippen LogP contribution in [0, 0.1) is 0 Å². The first kappa shape index (κ1) is 16.0. The van der Waals surface area contributed by atoms with E-state index < -0.39 is 18.0 Å². The maximum atomic E-state index is 11.9. The lowest BCUT2D eigenvalue weighted by Gasteiger charge is -2.27. The quantitative estimate of drug-likeness (QED) is 0.748. The average molecular weight is 278 g/mol. The minimum Gasteiger partial charge on any atom is -0.479 e. The first-order valence-corrected chi connectivity index (χ1v) is 6.72. The number of carboxylic acid groups (broad SMARTS) is 1. The van der Waals surface area contributed by atoms with Crippen LogP contribution in [0.2, 0.25) is 0 Å². The number of amides is 2. The molecule has 0 fully saturated rings. The molecule has 0 bridgehead atoms. The Balaban J connectivity index is 2.73. The van der Waals surface area contributed by atoms with Crippen LogP contribution in [0.25, 0.3) is 0 Å². The molecule has 5 nitrogen and oxygen atoms in total. The Morgan fingerprint density at radius 2 is 1.85 bits per heavy atom. The Morgan fingerprint density at radius 1 is 1.25 bits per heavy atom. The van der Waals surface area contributed by atoms with Gasteiger partial charge >= 0.3 is 12.0 Å². The third-order valence-corrected chi connectivity index (χ3v) is 2.98. The van der Waals surface area contributed by atoms with Crippen LogP contribution in [-0.2, 0) is 4.79 Å². The van der Waals surface area contributed by atoms with E-state index in [4.69, 9.17) is 0 Å². The van der Waals surface area contributed by atoms with Crippen molar-refractivity contribution in [1.29, 1.82) is 0 Å². The van der Waals surface area contributed by atoms with Crippen molar-refractivity contribution in [3.63, 3.8) is 0 Å². The summed E-state index contributed by atoms with van der Waals surface area (Å²) in [7, 11) is 0. The van der Waals surface area contributed by atoms with Gasteiger partial charge in [-0.25, -0.2) is 9.59 Å². The molecular formula is C15H22N2O3. The molecule has 0 aliphatic carbocycles. The van der Waals surface area contributed by atoms with Gasteiger partial charge in [-0.3, -0.25) is 0 Å². The van der Waals surface area contributed by atoms with E-state index in [-0.39, 0.29) is 5.54 Å². The number of nitrogens with one attached hydrogen (secondary N) is 2. The normalized spacial score (nSPS) is 12.6. The van der Waals surface area contributed by atoms with Crippen molar-refractivity contribution in [3.05, 3.63) is 35.9 Å². The predicted molar refractivity (Wildman–Crippen MR) is 77.5 cm³/mol.